The summed E-state index contributed by atoms with van der Waals surface area (Å²) in [4.78, 5) is 21.8. The van der Waals surface area contributed by atoms with Crippen LogP contribution in [0.5, 0.6) is 0 Å². The number of hydrogen-bond donors (Lipinski definition) is 0. The summed E-state index contributed by atoms with van der Waals surface area (Å²) in [6.45, 7) is 6.21. The van der Waals surface area contributed by atoms with Crippen molar-refractivity contribution in [2.45, 2.75) is 39.3 Å². The Hall–Kier alpha value is -2.89. The van der Waals surface area contributed by atoms with Gasteiger partial charge < -0.3 is 9.80 Å². The average molecular weight is 375 g/mol. The predicted molar refractivity (Wildman–Crippen MR) is 110 cm³/mol. The van der Waals surface area contributed by atoms with Gasteiger partial charge in [0.2, 0.25) is 0 Å². The fourth-order valence-corrected chi connectivity index (χ4v) is 4.42. The molecule has 28 heavy (non-hydrogen) atoms. The molecule has 0 N–H and O–H groups in total. The van der Waals surface area contributed by atoms with Crippen LogP contribution in [0.1, 0.15) is 41.3 Å². The first-order chi connectivity index (χ1) is 13.7. The zero-order valence-electron chi connectivity index (χ0n) is 16.3. The van der Waals surface area contributed by atoms with Crippen LogP contribution in [-0.2, 0) is 13.1 Å². The summed E-state index contributed by atoms with van der Waals surface area (Å²) >= 11 is 0. The number of likely N-dealkylation sites (tertiary alicyclic amines) is 1. The molecule has 3 aromatic rings. The van der Waals surface area contributed by atoms with Gasteiger partial charge in [-0.2, -0.15) is 5.10 Å². The van der Waals surface area contributed by atoms with Crippen molar-refractivity contribution in [3.63, 3.8) is 0 Å². The number of piperidine rings is 1. The third-order valence-corrected chi connectivity index (χ3v) is 5.86. The van der Waals surface area contributed by atoms with Crippen LogP contribution >= 0.6 is 0 Å². The molecule has 0 aliphatic carbocycles. The van der Waals surface area contributed by atoms with Crippen molar-refractivity contribution >= 4 is 22.4 Å². The maximum absolute atomic E-state index is 12.9. The van der Waals surface area contributed by atoms with Crippen molar-refractivity contribution in [1.82, 2.24) is 19.7 Å². The van der Waals surface area contributed by atoms with Gasteiger partial charge in [-0.25, -0.2) is 9.67 Å². The fraction of sp³-hybridized carbons (Fsp3) is 0.409. The first-order valence-corrected chi connectivity index (χ1v) is 10.2. The number of rotatable bonds is 2. The van der Waals surface area contributed by atoms with Crippen LogP contribution < -0.4 is 4.90 Å². The Morgan fingerprint density at radius 3 is 2.71 bits per heavy atom. The summed E-state index contributed by atoms with van der Waals surface area (Å²) in [5.41, 5.74) is 1.99. The highest BCUT2D eigenvalue weighted by molar-refractivity contribution is 6.01. The van der Waals surface area contributed by atoms with Gasteiger partial charge in [0, 0.05) is 36.3 Å². The molecule has 0 spiro atoms. The summed E-state index contributed by atoms with van der Waals surface area (Å²) in [6.07, 6.45) is 3.46. The summed E-state index contributed by atoms with van der Waals surface area (Å²) < 4.78 is 2.01. The topological polar surface area (TPSA) is 54.3 Å². The third-order valence-electron chi connectivity index (χ3n) is 5.86. The smallest absolute Gasteiger partial charge is 0.253 e. The lowest BCUT2D eigenvalue weighted by Gasteiger charge is -2.30. The van der Waals surface area contributed by atoms with Gasteiger partial charge in [-0.1, -0.05) is 18.2 Å². The first-order valence-electron chi connectivity index (χ1n) is 10.2. The molecule has 1 fully saturated rings. The van der Waals surface area contributed by atoms with Gasteiger partial charge >= 0.3 is 0 Å². The van der Waals surface area contributed by atoms with E-state index in [4.69, 9.17) is 0 Å². The predicted octanol–water partition coefficient (Wildman–Crippen LogP) is 3.39. The molecule has 6 heteroatoms. The molecule has 1 amide bonds. The van der Waals surface area contributed by atoms with Gasteiger partial charge in [-0.3, -0.25) is 4.79 Å². The minimum atomic E-state index is 0.161. The molecule has 2 aliphatic rings. The molecule has 0 saturated carbocycles. The van der Waals surface area contributed by atoms with Crippen LogP contribution in [0.3, 0.4) is 0 Å². The average Bonchev–Trinajstić information content (AvgIpc) is 3.12. The van der Waals surface area contributed by atoms with Crippen LogP contribution in [0.4, 0.5) is 5.69 Å². The molecule has 0 atom stereocenters. The molecule has 2 aromatic carbocycles. The quantitative estimate of drug-likeness (QED) is 0.689. The molecule has 0 unspecified atom stereocenters. The lowest BCUT2D eigenvalue weighted by molar-refractivity contribution is 0.0724. The van der Waals surface area contributed by atoms with Crippen LogP contribution in [0, 0.1) is 6.92 Å². The van der Waals surface area contributed by atoms with E-state index in [0.29, 0.717) is 0 Å². The second-order valence-electron chi connectivity index (χ2n) is 7.79. The number of anilines is 1. The van der Waals surface area contributed by atoms with E-state index in [2.05, 4.69) is 39.2 Å². The molecule has 0 radical (unpaired) electrons. The Kier molecular flexibility index (Phi) is 4.26. The lowest BCUT2D eigenvalue weighted by Crippen LogP contribution is -2.35. The number of benzene rings is 2. The van der Waals surface area contributed by atoms with Crippen molar-refractivity contribution in [2.24, 2.45) is 0 Å². The van der Waals surface area contributed by atoms with Gasteiger partial charge in [-0.15, -0.1) is 0 Å². The summed E-state index contributed by atoms with van der Waals surface area (Å²) in [7, 11) is 0. The van der Waals surface area contributed by atoms with E-state index < -0.39 is 0 Å². The molecule has 5 rings (SSSR count). The molecule has 144 valence electrons. The minimum Gasteiger partial charge on any atom is -0.362 e. The van der Waals surface area contributed by atoms with Crippen LogP contribution in [0.2, 0.25) is 0 Å². The number of hydrogen-bond acceptors (Lipinski definition) is 4. The summed E-state index contributed by atoms with van der Waals surface area (Å²) in [6, 6.07) is 12.5. The van der Waals surface area contributed by atoms with Gasteiger partial charge in [-0.05, 0) is 49.8 Å². The van der Waals surface area contributed by atoms with Crippen molar-refractivity contribution in [3.8, 4) is 0 Å². The van der Waals surface area contributed by atoms with E-state index in [1.807, 2.05) is 28.6 Å². The molecule has 1 saturated heterocycles. The minimum absolute atomic E-state index is 0.161. The number of aryl methyl sites for hydroxylation is 1. The Balaban J connectivity index is 1.45. The largest absolute Gasteiger partial charge is 0.362 e. The Bertz CT molecular complexity index is 1030. The van der Waals surface area contributed by atoms with Crippen LogP contribution in [0.25, 0.3) is 10.8 Å². The highest BCUT2D eigenvalue weighted by atomic mass is 16.2. The number of fused-ring (bicyclic) bond motifs is 2. The van der Waals surface area contributed by atoms with Crippen molar-refractivity contribution in [1.29, 1.82) is 0 Å². The zero-order valence-corrected chi connectivity index (χ0v) is 16.3. The van der Waals surface area contributed by atoms with Crippen LogP contribution in [-0.4, -0.2) is 45.2 Å². The van der Waals surface area contributed by atoms with E-state index in [1.165, 1.54) is 17.5 Å². The Morgan fingerprint density at radius 2 is 1.86 bits per heavy atom. The van der Waals surface area contributed by atoms with E-state index in [-0.39, 0.29) is 5.91 Å². The normalized spacial score (nSPS) is 17.0. The zero-order chi connectivity index (χ0) is 19.1. The number of amides is 1. The monoisotopic (exact) mass is 375 g/mol. The third kappa shape index (κ3) is 3.03. The first kappa shape index (κ1) is 17.2. The molecule has 1 aromatic heterocycles. The maximum atomic E-state index is 12.9. The number of aromatic nitrogens is 3. The number of nitrogens with zero attached hydrogens (tertiary/aromatic N) is 5. The molecule has 0 bridgehead atoms. The van der Waals surface area contributed by atoms with E-state index in [1.54, 1.807) is 0 Å². The van der Waals surface area contributed by atoms with E-state index in [0.717, 1.165) is 68.2 Å². The second kappa shape index (κ2) is 6.93. The molecular formula is C22H25N5O. The molecule has 3 heterocycles. The summed E-state index contributed by atoms with van der Waals surface area (Å²) in [5.74, 6) is 2.00. The van der Waals surface area contributed by atoms with Gasteiger partial charge in [0.1, 0.15) is 11.6 Å². The van der Waals surface area contributed by atoms with Gasteiger partial charge in [0.05, 0.1) is 13.1 Å². The maximum Gasteiger partial charge on any atom is 0.253 e. The van der Waals surface area contributed by atoms with Gasteiger partial charge in [0.25, 0.3) is 5.91 Å². The standard InChI is InChI=1S/C22H25N5O/c1-16-23-21-15-26(12-13-27(21)24-16)20-7-5-6-17-14-18(8-9-19(17)20)22(28)25-10-3-2-4-11-25/h5-9,14H,2-4,10-13,15H2,1H3. The van der Waals surface area contributed by atoms with E-state index in [9.17, 15) is 4.79 Å². The van der Waals surface area contributed by atoms with Crippen molar-refractivity contribution in [2.75, 3.05) is 24.5 Å². The molecular weight excluding hydrogens is 350 g/mol. The van der Waals surface area contributed by atoms with Gasteiger partial charge in [0.15, 0.2) is 0 Å². The highest BCUT2D eigenvalue weighted by Gasteiger charge is 2.22. The molecule has 6 nitrogen and oxygen atoms in total. The second-order valence-corrected chi connectivity index (χ2v) is 7.79. The van der Waals surface area contributed by atoms with Crippen molar-refractivity contribution in [3.05, 3.63) is 53.6 Å². The highest BCUT2D eigenvalue weighted by Crippen LogP contribution is 2.30. The number of carbonyl (C=O) groups excluding carboxylic acids is 1. The SMILES string of the molecule is Cc1nc2n(n1)CCN(c1cccc3cc(C(=O)N4CCCCC4)ccc13)C2. The van der Waals surface area contributed by atoms with Crippen LogP contribution in [0.15, 0.2) is 36.4 Å². The fourth-order valence-electron chi connectivity index (χ4n) is 4.42. The number of carbonyl (C=O) groups is 1. The molecule has 2 aliphatic heterocycles. The Labute approximate surface area is 164 Å². The van der Waals surface area contributed by atoms with Crippen molar-refractivity contribution < 1.29 is 4.79 Å². The lowest BCUT2D eigenvalue weighted by atomic mass is 10.0. The summed E-state index contributed by atoms with van der Waals surface area (Å²) in [5, 5.41) is 6.75. The van der Waals surface area contributed by atoms with E-state index >= 15 is 0 Å². The Morgan fingerprint density at radius 1 is 1.00 bits per heavy atom.